The largest absolute Gasteiger partial charge is 0.469 e. The zero-order valence-corrected chi connectivity index (χ0v) is 16.4. The second kappa shape index (κ2) is 9.02. The van der Waals surface area contributed by atoms with Crippen molar-refractivity contribution in [2.45, 2.75) is 31.2 Å². The number of hydrogen-bond donors (Lipinski definition) is 1. The lowest BCUT2D eigenvalue weighted by atomic mass is 9.97. The van der Waals surface area contributed by atoms with Gasteiger partial charge in [0.25, 0.3) is 0 Å². The maximum Gasteiger partial charge on any atom is 0.308 e. The van der Waals surface area contributed by atoms with Crippen molar-refractivity contribution in [1.29, 1.82) is 0 Å². The number of ether oxygens (including phenoxy) is 1. The van der Waals surface area contributed by atoms with Gasteiger partial charge in [-0.3, -0.25) is 4.79 Å². The van der Waals surface area contributed by atoms with Crippen molar-refractivity contribution >= 4 is 21.8 Å². The first-order valence-electron chi connectivity index (χ1n) is 8.75. The van der Waals surface area contributed by atoms with Gasteiger partial charge in [0.05, 0.1) is 24.5 Å². The zero-order valence-electron chi connectivity index (χ0n) is 15.6. The Morgan fingerprint density at radius 2 is 1.88 bits per heavy atom. The van der Waals surface area contributed by atoms with E-state index in [2.05, 4.69) is 15.2 Å². The van der Waals surface area contributed by atoms with Crippen molar-refractivity contribution in [2.24, 2.45) is 10.9 Å². The van der Waals surface area contributed by atoms with Crippen LogP contribution < -0.4 is 5.32 Å². The summed E-state index contributed by atoms with van der Waals surface area (Å²) in [6.45, 7) is 4.72. The molecule has 0 atom stereocenters. The van der Waals surface area contributed by atoms with Crippen LogP contribution in [0, 0.1) is 5.92 Å². The third kappa shape index (κ3) is 5.45. The van der Waals surface area contributed by atoms with Gasteiger partial charge >= 0.3 is 5.97 Å². The van der Waals surface area contributed by atoms with Crippen LogP contribution in [0.3, 0.4) is 0 Å². The molecular formula is C18H27N3O4S. The monoisotopic (exact) mass is 381 g/mol. The van der Waals surface area contributed by atoms with Crippen LogP contribution in [0.15, 0.2) is 34.2 Å². The second-order valence-corrected chi connectivity index (χ2v) is 8.39. The topological polar surface area (TPSA) is 88.1 Å². The van der Waals surface area contributed by atoms with Gasteiger partial charge < -0.3 is 15.0 Å². The normalized spacial score (nSPS) is 16.4. The molecule has 1 aliphatic rings. The Balaban J connectivity index is 2.02. The molecule has 1 aliphatic heterocycles. The van der Waals surface area contributed by atoms with E-state index in [1.165, 1.54) is 13.4 Å². The molecule has 0 spiro atoms. The molecule has 0 radical (unpaired) electrons. The van der Waals surface area contributed by atoms with E-state index in [4.69, 9.17) is 4.74 Å². The standard InChI is InChI=1S/C18H27N3O4S/c1-4-19-18(21-11-9-15(10-12-21)17(22)25-2)20-13-14-5-7-16(8-6-14)26(3,23)24/h5-8,15H,4,9-13H2,1-3H3,(H,19,20). The maximum atomic E-state index is 11.6. The van der Waals surface area contributed by atoms with E-state index in [9.17, 15) is 13.2 Å². The first kappa shape index (κ1) is 20.2. The first-order chi connectivity index (χ1) is 12.3. The zero-order chi connectivity index (χ0) is 19.2. The van der Waals surface area contributed by atoms with Crippen LogP contribution in [-0.2, 0) is 25.9 Å². The summed E-state index contributed by atoms with van der Waals surface area (Å²) in [4.78, 5) is 18.8. The molecule has 7 nitrogen and oxygen atoms in total. The highest BCUT2D eigenvalue weighted by atomic mass is 32.2. The van der Waals surface area contributed by atoms with Crippen molar-refractivity contribution in [1.82, 2.24) is 10.2 Å². The molecule has 1 aromatic rings. The number of rotatable bonds is 5. The Morgan fingerprint density at radius 3 is 2.38 bits per heavy atom. The second-order valence-electron chi connectivity index (χ2n) is 6.37. The molecule has 1 saturated heterocycles. The number of nitrogens with one attached hydrogen (secondary N) is 1. The predicted octanol–water partition coefficient (Wildman–Crippen LogP) is 1.44. The molecule has 1 aromatic carbocycles. The molecule has 1 N–H and O–H groups in total. The van der Waals surface area contributed by atoms with Gasteiger partial charge in [-0.25, -0.2) is 13.4 Å². The molecule has 0 saturated carbocycles. The quantitative estimate of drug-likeness (QED) is 0.472. The lowest BCUT2D eigenvalue weighted by Crippen LogP contribution is -2.46. The summed E-state index contributed by atoms with van der Waals surface area (Å²) in [7, 11) is -1.76. The summed E-state index contributed by atoms with van der Waals surface area (Å²) in [6.07, 6.45) is 2.70. The van der Waals surface area contributed by atoms with Crippen LogP contribution in [-0.4, -0.2) is 58.2 Å². The number of piperidine rings is 1. The van der Waals surface area contributed by atoms with Crippen LogP contribution >= 0.6 is 0 Å². The van der Waals surface area contributed by atoms with E-state index in [0.717, 1.165) is 44.0 Å². The van der Waals surface area contributed by atoms with Gasteiger partial charge in [-0.1, -0.05) is 12.1 Å². The van der Waals surface area contributed by atoms with Crippen LogP contribution in [0.4, 0.5) is 0 Å². The molecule has 1 heterocycles. The number of sulfone groups is 1. The van der Waals surface area contributed by atoms with E-state index in [1.54, 1.807) is 24.3 Å². The fourth-order valence-corrected chi connectivity index (χ4v) is 3.56. The Kier molecular flexibility index (Phi) is 7.02. The number of benzene rings is 1. The summed E-state index contributed by atoms with van der Waals surface area (Å²) in [5.74, 6) is 0.628. The molecular weight excluding hydrogens is 354 g/mol. The number of carbonyl (C=O) groups excluding carboxylic acids is 1. The predicted molar refractivity (Wildman–Crippen MR) is 101 cm³/mol. The molecule has 2 rings (SSSR count). The van der Waals surface area contributed by atoms with E-state index in [0.29, 0.717) is 11.4 Å². The number of guanidine groups is 1. The summed E-state index contributed by atoms with van der Waals surface area (Å²) in [5, 5.41) is 3.28. The molecule has 8 heteroatoms. The van der Waals surface area contributed by atoms with Crippen LogP contribution in [0.25, 0.3) is 0 Å². The highest BCUT2D eigenvalue weighted by Crippen LogP contribution is 2.19. The molecule has 26 heavy (non-hydrogen) atoms. The Labute approximate surface area is 155 Å². The van der Waals surface area contributed by atoms with E-state index >= 15 is 0 Å². The Bertz CT molecular complexity index is 736. The van der Waals surface area contributed by atoms with Gasteiger partial charge in [0.2, 0.25) is 0 Å². The van der Waals surface area contributed by atoms with Gasteiger partial charge in [-0.15, -0.1) is 0 Å². The van der Waals surface area contributed by atoms with Crippen molar-refractivity contribution in [3.8, 4) is 0 Å². The van der Waals surface area contributed by atoms with Crippen LogP contribution in [0.2, 0.25) is 0 Å². The van der Waals surface area contributed by atoms with E-state index in [1.807, 2.05) is 6.92 Å². The minimum absolute atomic E-state index is 0.0392. The lowest BCUT2D eigenvalue weighted by Gasteiger charge is -2.33. The van der Waals surface area contributed by atoms with Crippen molar-refractivity contribution in [2.75, 3.05) is 33.0 Å². The number of aliphatic imine (C=N–C) groups is 1. The smallest absolute Gasteiger partial charge is 0.308 e. The fraction of sp³-hybridized carbons (Fsp3) is 0.556. The molecule has 0 aliphatic carbocycles. The van der Waals surface area contributed by atoms with E-state index < -0.39 is 9.84 Å². The van der Waals surface area contributed by atoms with Crippen LogP contribution in [0.5, 0.6) is 0 Å². The number of nitrogens with zero attached hydrogens (tertiary/aromatic N) is 2. The van der Waals surface area contributed by atoms with Crippen molar-refractivity contribution < 1.29 is 17.9 Å². The summed E-state index contributed by atoms with van der Waals surface area (Å²) in [6, 6.07) is 6.78. The van der Waals surface area contributed by atoms with Gasteiger partial charge in [-0.2, -0.15) is 0 Å². The van der Waals surface area contributed by atoms with Crippen molar-refractivity contribution in [3.05, 3.63) is 29.8 Å². The van der Waals surface area contributed by atoms with Gasteiger partial charge in [-0.05, 0) is 37.5 Å². The Hall–Kier alpha value is -2.09. The maximum absolute atomic E-state index is 11.6. The number of likely N-dealkylation sites (tertiary alicyclic amines) is 1. The van der Waals surface area contributed by atoms with Crippen molar-refractivity contribution in [3.63, 3.8) is 0 Å². The fourth-order valence-electron chi connectivity index (χ4n) is 2.93. The summed E-state index contributed by atoms with van der Waals surface area (Å²) < 4.78 is 27.9. The number of hydrogen-bond acceptors (Lipinski definition) is 5. The van der Waals surface area contributed by atoms with Gasteiger partial charge in [0.15, 0.2) is 15.8 Å². The van der Waals surface area contributed by atoms with Gasteiger partial charge in [0.1, 0.15) is 0 Å². The number of carbonyl (C=O) groups is 1. The third-order valence-electron chi connectivity index (χ3n) is 4.43. The SMILES string of the molecule is CCNC(=NCc1ccc(S(C)(=O)=O)cc1)N1CCC(C(=O)OC)CC1. The summed E-state index contributed by atoms with van der Waals surface area (Å²) >= 11 is 0. The van der Waals surface area contributed by atoms with Crippen LogP contribution in [0.1, 0.15) is 25.3 Å². The summed E-state index contributed by atoms with van der Waals surface area (Å²) in [5.41, 5.74) is 0.942. The minimum atomic E-state index is -3.19. The molecule has 0 aromatic heterocycles. The van der Waals surface area contributed by atoms with Gasteiger partial charge in [0, 0.05) is 25.9 Å². The Morgan fingerprint density at radius 1 is 1.27 bits per heavy atom. The number of methoxy groups -OCH3 is 1. The minimum Gasteiger partial charge on any atom is -0.469 e. The lowest BCUT2D eigenvalue weighted by molar-refractivity contribution is -0.146. The third-order valence-corrected chi connectivity index (χ3v) is 5.56. The molecule has 0 unspecified atom stereocenters. The average Bonchev–Trinajstić information content (AvgIpc) is 2.64. The highest BCUT2D eigenvalue weighted by molar-refractivity contribution is 7.90. The molecule has 0 bridgehead atoms. The average molecular weight is 381 g/mol. The molecule has 1 fully saturated rings. The number of esters is 1. The first-order valence-corrected chi connectivity index (χ1v) is 10.6. The molecule has 144 valence electrons. The van der Waals surface area contributed by atoms with E-state index in [-0.39, 0.29) is 11.9 Å². The highest BCUT2D eigenvalue weighted by Gasteiger charge is 2.26. The molecule has 0 amide bonds.